The lowest BCUT2D eigenvalue weighted by molar-refractivity contribution is -0.136. The number of aryl methyl sites for hydroxylation is 2. The lowest BCUT2D eigenvalue weighted by atomic mass is 10.3. The quantitative estimate of drug-likeness (QED) is 0.906. The maximum absolute atomic E-state index is 10.6. The Hall–Kier alpha value is -1.34. The van der Waals surface area contributed by atoms with Crippen LogP contribution in [0.15, 0.2) is 0 Å². The minimum Gasteiger partial charge on any atom is -0.481 e. The van der Waals surface area contributed by atoms with Crippen molar-refractivity contribution in [1.29, 1.82) is 0 Å². The van der Waals surface area contributed by atoms with Gasteiger partial charge < -0.3 is 5.11 Å². The molecule has 84 valence electrons. The van der Waals surface area contributed by atoms with E-state index in [1.54, 1.807) is 0 Å². The van der Waals surface area contributed by atoms with E-state index < -0.39 is 5.97 Å². The predicted octanol–water partition coefficient (Wildman–Crippen LogP) is 1.91. The molecule has 0 unspecified atom stereocenters. The van der Waals surface area contributed by atoms with Crippen LogP contribution >= 0.6 is 22.9 Å². The monoisotopic (exact) mass is 255 g/mol. The minimum absolute atomic E-state index is 0.0341. The summed E-state index contributed by atoms with van der Waals surface area (Å²) in [7, 11) is 0. The molecule has 0 spiro atoms. The van der Waals surface area contributed by atoms with Crippen molar-refractivity contribution >= 4 is 28.8 Å². The lowest BCUT2D eigenvalue weighted by Gasteiger charge is -1.90. The summed E-state index contributed by atoms with van der Waals surface area (Å²) >= 11 is 2.77. The zero-order valence-electron chi connectivity index (χ0n) is 8.72. The van der Waals surface area contributed by atoms with E-state index in [1.165, 1.54) is 22.9 Å². The lowest BCUT2D eigenvalue weighted by Crippen LogP contribution is -2.01. The average molecular weight is 255 g/mol. The van der Waals surface area contributed by atoms with Gasteiger partial charge in [0.25, 0.3) is 0 Å². The number of nitrogens with zero attached hydrogens (tertiary/aromatic N) is 3. The molecule has 0 radical (unpaired) electrons. The third-order valence-corrected chi connectivity index (χ3v) is 4.05. The number of thiazole rings is 1. The molecule has 2 heterocycles. The summed E-state index contributed by atoms with van der Waals surface area (Å²) < 4.78 is 3.84. The highest BCUT2D eigenvalue weighted by atomic mass is 32.1. The van der Waals surface area contributed by atoms with E-state index >= 15 is 0 Å². The van der Waals surface area contributed by atoms with E-state index in [2.05, 4.69) is 14.6 Å². The molecule has 0 aliphatic rings. The molecule has 0 saturated carbocycles. The summed E-state index contributed by atoms with van der Waals surface area (Å²) in [6.07, 6.45) is -0.0341. The van der Waals surface area contributed by atoms with Crippen molar-refractivity contribution in [2.45, 2.75) is 20.3 Å². The number of aliphatic carboxylic acids is 1. The SMILES string of the molecule is Cc1nnsc1-c1nc(CC(=O)O)c(C)s1. The molecule has 0 aliphatic heterocycles. The molecular weight excluding hydrogens is 246 g/mol. The van der Waals surface area contributed by atoms with Gasteiger partial charge in [0, 0.05) is 4.88 Å². The summed E-state index contributed by atoms with van der Waals surface area (Å²) in [5, 5.41) is 13.4. The van der Waals surface area contributed by atoms with Crippen LogP contribution in [-0.4, -0.2) is 25.6 Å². The van der Waals surface area contributed by atoms with E-state index in [4.69, 9.17) is 5.11 Å². The van der Waals surface area contributed by atoms with Crippen LogP contribution < -0.4 is 0 Å². The first kappa shape index (κ1) is 11.2. The van der Waals surface area contributed by atoms with Crippen molar-refractivity contribution < 1.29 is 9.90 Å². The van der Waals surface area contributed by atoms with Crippen LogP contribution in [0.4, 0.5) is 0 Å². The molecule has 0 aromatic carbocycles. The van der Waals surface area contributed by atoms with Gasteiger partial charge in [-0.25, -0.2) is 4.98 Å². The van der Waals surface area contributed by atoms with Gasteiger partial charge in [0.15, 0.2) is 0 Å². The average Bonchev–Trinajstić information content (AvgIpc) is 2.73. The van der Waals surface area contributed by atoms with Crippen LogP contribution in [0.2, 0.25) is 0 Å². The Balaban J connectivity index is 2.38. The first-order chi connectivity index (χ1) is 7.58. The van der Waals surface area contributed by atoms with Crippen LogP contribution in [0, 0.1) is 13.8 Å². The highest BCUT2D eigenvalue weighted by Gasteiger charge is 2.15. The molecule has 0 bridgehead atoms. The Labute approximate surface area is 100.0 Å². The van der Waals surface area contributed by atoms with Gasteiger partial charge in [0.05, 0.1) is 17.8 Å². The van der Waals surface area contributed by atoms with Gasteiger partial charge in [-0.1, -0.05) is 4.49 Å². The van der Waals surface area contributed by atoms with Crippen LogP contribution in [0.25, 0.3) is 9.88 Å². The Morgan fingerprint density at radius 1 is 1.44 bits per heavy atom. The second-order valence-electron chi connectivity index (χ2n) is 3.28. The molecule has 2 aromatic heterocycles. The van der Waals surface area contributed by atoms with Crippen LogP contribution in [0.3, 0.4) is 0 Å². The number of carboxylic acid groups (broad SMARTS) is 1. The van der Waals surface area contributed by atoms with E-state index in [1.807, 2.05) is 13.8 Å². The summed E-state index contributed by atoms with van der Waals surface area (Å²) in [6.45, 7) is 3.75. The summed E-state index contributed by atoms with van der Waals surface area (Å²) in [6, 6.07) is 0. The first-order valence-corrected chi connectivity index (χ1v) is 6.14. The van der Waals surface area contributed by atoms with Gasteiger partial charge in [-0.05, 0) is 25.4 Å². The van der Waals surface area contributed by atoms with Gasteiger partial charge in [0.2, 0.25) is 0 Å². The van der Waals surface area contributed by atoms with Gasteiger partial charge in [0.1, 0.15) is 9.88 Å². The van der Waals surface area contributed by atoms with Crippen molar-refractivity contribution in [3.8, 4) is 9.88 Å². The second kappa shape index (κ2) is 4.26. The van der Waals surface area contributed by atoms with Crippen LogP contribution in [0.1, 0.15) is 16.3 Å². The zero-order chi connectivity index (χ0) is 11.7. The third kappa shape index (κ3) is 2.10. The number of carbonyl (C=O) groups is 1. The fourth-order valence-corrected chi connectivity index (χ4v) is 2.96. The Morgan fingerprint density at radius 3 is 2.75 bits per heavy atom. The molecule has 5 nitrogen and oxygen atoms in total. The number of hydrogen-bond donors (Lipinski definition) is 1. The Morgan fingerprint density at radius 2 is 2.19 bits per heavy atom. The van der Waals surface area contributed by atoms with Gasteiger partial charge >= 0.3 is 5.97 Å². The van der Waals surface area contributed by atoms with E-state index in [9.17, 15) is 4.79 Å². The molecule has 0 atom stereocenters. The first-order valence-electron chi connectivity index (χ1n) is 4.55. The van der Waals surface area contributed by atoms with Crippen molar-refractivity contribution in [2.24, 2.45) is 0 Å². The number of aromatic nitrogens is 3. The molecule has 0 saturated heterocycles. The van der Waals surface area contributed by atoms with Crippen LogP contribution in [0.5, 0.6) is 0 Å². The maximum atomic E-state index is 10.6. The van der Waals surface area contributed by atoms with Crippen LogP contribution in [-0.2, 0) is 11.2 Å². The number of carboxylic acids is 1. The molecule has 0 fully saturated rings. The summed E-state index contributed by atoms with van der Waals surface area (Å²) in [5.41, 5.74) is 1.46. The number of hydrogen-bond acceptors (Lipinski definition) is 6. The molecule has 0 amide bonds. The third-order valence-electron chi connectivity index (χ3n) is 2.06. The normalized spacial score (nSPS) is 10.6. The van der Waals surface area contributed by atoms with Gasteiger partial charge in [-0.2, -0.15) is 0 Å². The zero-order valence-corrected chi connectivity index (χ0v) is 10.4. The summed E-state index contributed by atoms with van der Waals surface area (Å²) in [4.78, 5) is 16.8. The van der Waals surface area contributed by atoms with Crippen molar-refractivity contribution in [3.05, 3.63) is 16.3 Å². The molecule has 2 rings (SSSR count). The Bertz CT molecular complexity index is 533. The highest BCUT2D eigenvalue weighted by Crippen LogP contribution is 2.31. The topological polar surface area (TPSA) is 76.0 Å². The van der Waals surface area contributed by atoms with Crippen molar-refractivity contribution in [1.82, 2.24) is 14.6 Å². The minimum atomic E-state index is -0.862. The molecule has 1 N–H and O–H groups in total. The van der Waals surface area contributed by atoms with E-state index in [0.717, 1.165) is 20.5 Å². The standard InChI is InChI=1S/C9H9N3O2S2/c1-4-8(16-12-11-4)9-10-6(3-7(13)14)5(2)15-9/h3H2,1-2H3,(H,13,14). The Kier molecular flexibility index (Phi) is 2.97. The highest BCUT2D eigenvalue weighted by molar-refractivity contribution is 7.19. The smallest absolute Gasteiger partial charge is 0.309 e. The fourth-order valence-electron chi connectivity index (χ4n) is 1.26. The second-order valence-corrected chi connectivity index (χ2v) is 5.24. The molecule has 7 heteroatoms. The van der Waals surface area contributed by atoms with Crippen molar-refractivity contribution in [3.63, 3.8) is 0 Å². The summed E-state index contributed by atoms with van der Waals surface area (Å²) in [5.74, 6) is -0.862. The molecular formula is C9H9N3O2S2. The molecule has 0 aliphatic carbocycles. The van der Waals surface area contributed by atoms with E-state index in [-0.39, 0.29) is 6.42 Å². The molecule has 16 heavy (non-hydrogen) atoms. The van der Waals surface area contributed by atoms with E-state index in [0.29, 0.717) is 5.69 Å². The number of rotatable bonds is 3. The fraction of sp³-hybridized carbons (Fsp3) is 0.333. The van der Waals surface area contributed by atoms with Crippen molar-refractivity contribution in [2.75, 3.05) is 0 Å². The van der Waals surface area contributed by atoms with Gasteiger partial charge in [-0.3, -0.25) is 4.79 Å². The predicted molar refractivity (Wildman–Crippen MR) is 61.8 cm³/mol. The largest absolute Gasteiger partial charge is 0.481 e. The van der Waals surface area contributed by atoms with Gasteiger partial charge in [-0.15, -0.1) is 16.4 Å². The molecule has 2 aromatic rings. The maximum Gasteiger partial charge on any atom is 0.309 e.